The number of ketones is 1. The summed E-state index contributed by atoms with van der Waals surface area (Å²) in [6, 6.07) is 11.9. The van der Waals surface area contributed by atoms with E-state index in [-0.39, 0.29) is 16.8 Å². The number of carbonyl (C=O) groups is 3. The second-order valence-corrected chi connectivity index (χ2v) is 6.45. The molecule has 0 radical (unpaired) electrons. The van der Waals surface area contributed by atoms with Gasteiger partial charge in [-0.1, -0.05) is 30.3 Å². The van der Waals surface area contributed by atoms with Gasteiger partial charge in [0, 0.05) is 17.4 Å². The van der Waals surface area contributed by atoms with Gasteiger partial charge in [0.15, 0.2) is 5.78 Å². The molecule has 2 atom stereocenters. The van der Waals surface area contributed by atoms with Crippen LogP contribution in [0.2, 0.25) is 0 Å². The molecule has 2 aromatic rings. The molecule has 144 valence electrons. The van der Waals surface area contributed by atoms with Gasteiger partial charge < -0.3 is 9.64 Å². The number of fused-ring (bicyclic) bond motifs is 1. The molecule has 28 heavy (non-hydrogen) atoms. The monoisotopic (exact) mass is 382 g/mol. The summed E-state index contributed by atoms with van der Waals surface area (Å²) in [6.45, 7) is 0.774. The van der Waals surface area contributed by atoms with Crippen molar-refractivity contribution < 1.29 is 24.0 Å². The molecule has 0 bridgehead atoms. The summed E-state index contributed by atoms with van der Waals surface area (Å²) in [5.74, 6) is -2.27. The third kappa shape index (κ3) is 3.36. The first-order valence-corrected chi connectivity index (χ1v) is 8.58. The quantitative estimate of drug-likeness (QED) is 0.447. The lowest BCUT2D eigenvalue weighted by Gasteiger charge is -2.28. The van der Waals surface area contributed by atoms with Crippen molar-refractivity contribution in [2.75, 3.05) is 18.6 Å². The van der Waals surface area contributed by atoms with E-state index in [1.54, 1.807) is 30.3 Å². The third-order valence-electron chi connectivity index (χ3n) is 4.78. The number of carbonyl (C=O) groups excluding carboxylic acids is 3. The molecule has 0 N–H and O–H groups in total. The van der Waals surface area contributed by atoms with Gasteiger partial charge in [0.1, 0.15) is 6.04 Å². The van der Waals surface area contributed by atoms with Crippen LogP contribution >= 0.6 is 0 Å². The molecular weight excluding hydrogens is 364 g/mol. The van der Waals surface area contributed by atoms with Gasteiger partial charge >= 0.3 is 5.97 Å². The zero-order valence-electron chi connectivity index (χ0n) is 15.3. The maximum absolute atomic E-state index is 13.1. The van der Waals surface area contributed by atoms with E-state index in [0.29, 0.717) is 5.56 Å². The number of benzene rings is 2. The maximum atomic E-state index is 13.1. The van der Waals surface area contributed by atoms with Crippen molar-refractivity contribution in [3.05, 3.63) is 75.3 Å². The number of nitro groups is 1. The molecule has 2 aromatic carbocycles. The van der Waals surface area contributed by atoms with Crippen LogP contribution in [-0.4, -0.2) is 42.3 Å². The van der Waals surface area contributed by atoms with Gasteiger partial charge in [-0.05, 0) is 23.8 Å². The molecule has 0 aliphatic carbocycles. The standard InChI is InChI=1S/C20H18N2O6/c1-12(23)22-17-10-14(20(25)28-2)8-9-15(17)19(24)18(22)16(11-21(26)27)13-6-4-3-5-7-13/h3-10,16,18H,11H2,1-2H3/t16-,18+/m1/s1. The first-order valence-electron chi connectivity index (χ1n) is 8.58. The van der Waals surface area contributed by atoms with Crippen LogP contribution in [-0.2, 0) is 9.53 Å². The highest BCUT2D eigenvalue weighted by Gasteiger charge is 2.46. The van der Waals surface area contributed by atoms with Crippen LogP contribution in [0.1, 0.15) is 39.1 Å². The van der Waals surface area contributed by atoms with Crippen LogP contribution in [0, 0.1) is 10.1 Å². The summed E-state index contributed by atoms with van der Waals surface area (Å²) >= 11 is 0. The van der Waals surface area contributed by atoms with Crippen molar-refractivity contribution in [1.82, 2.24) is 0 Å². The lowest BCUT2D eigenvalue weighted by Crippen LogP contribution is -2.45. The highest BCUT2D eigenvalue weighted by atomic mass is 16.6. The van der Waals surface area contributed by atoms with Crippen molar-refractivity contribution in [3.8, 4) is 0 Å². The Bertz CT molecular complexity index is 956. The van der Waals surface area contributed by atoms with E-state index in [1.165, 1.54) is 37.1 Å². The number of amides is 1. The summed E-state index contributed by atoms with van der Waals surface area (Å²) < 4.78 is 4.70. The minimum Gasteiger partial charge on any atom is -0.465 e. The Hall–Kier alpha value is -3.55. The summed E-state index contributed by atoms with van der Waals surface area (Å²) in [5.41, 5.74) is 1.28. The Balaban J connectivity index is 2.13. The number of anilines is 1. The number of esters is 1. The SMILES string of the molecule is COC(=O)c1ccc2c(c1)N(C(C)=O)[C@@H]([C@H](C[N+](=O)[O-])c1ccccc1)C2=O. The smallest absolute Gasteiger partial charge is 0.337 e. The van der Waals surface area contributed by atoms with Crippen LogP contribution in [0.5, 0.6) is 0 Å². The highest BCUT2D eigenvalue weighted by molar-refractivity contribution is 6.18. The lowest BCUT2D eigenvalue weighted by molar-refractivity contribution is -0.483. The van der Waals surface area contributed by atoms with Gasteiger partial charge in [-0.2, -0.15) is 0 Å². The zero-order chi connectivity index (χ0) is 20.4. The molecule has 8 heteroatoms. The van der Waals surface area contributed by atoms with E-state index < -0.39 is 41.1 Å². The minimum atomic E-state index is -1.06. The second-order valence-electron chi connectivity index (χ2n) is 6.45. The average molecular weight is 382 g/mol. The molecule has 0 aromatic heterocycles. The first-order chi connectivity index (χ1) is 13.3. The number of rotatable bonds is 5. The van der Waals surface area contributed by atoms with Crippen LogP contribution in [0.15, 0.2) is 48.5 Å². The van der Waals surface area contributed by atoms with Crippen LogP contribution in [0.4, 0.5) is 5.69 Å². The number of Topliss-reactive ketones (excluding diaryl/α,β-unsaturated/α-hetero) is 1. The van der Waals surface area contributed by atoms with Gasteiger partial charge in [-0.3, -0.25) is 19.7 Å². The molecular formula is C20H18N2O6. The Labute approximate surface area is 160 Å². The number of ether oxygens (including phenoxy) is 1. The Morgan fingerprint density at radius 3 is 2.46 bits per heavy atom. The first kappa shape index (κ1) is 19.2. The summed E-state index contributed by atoms with van der Waals surface area (Å²) in [4.78, 5) is 49.5. The van der Waals surface area contributed by atoms with E-state index in [2.05, 4.69) is 0 Å². The summed E-state index contributed by atoms with van der Waals surface area (Å²) in [5, 5.41) is 11.3. The molecule has 8 nitrogen and oxygen atoms in total. The second kappa shape index (κ2) is 7.59. The third-order valence-corrected chi connectivity index (χ3v) is 4.78. The van der Waals surface area contributed by atoms with Crippen LogP contribution < -0.4 is 4.90 Å². The van der Waals surface area contributed by atoms with E-state index >= 15 is 0 Å². The topological polar surface area (TPSA) is 107 Å². The normalized spacial score (nSPS) is 16.4. The predicted octanol–water partition coefficient (Wildman–Crippen LogP) is 2.45. The lowest BCUT2D eigenvalue weighted by atomic mass is 9.88. The van der Waals surface area contributed by atoms with Gasteiger partial charge in [-0.25, -0.2) is 4.79 Å². The summed E-state index contributed by atoms with van der Waals surface area (Å²) in [6.07, 6.45) is 0. The molecule has 0 spiro atoms. The van der Waals surface area contributed by atoms with Crippen molar-refractivity contribution in [3.63, 3.8) is 0 Å². The molecule has 0 unspecified atom stereocenters. The molecule has 1 aliphatic rings. The molecule has 3 rings (SSSR count). The van der Waals surface area contributed by atoms with Gasteiger partial charge in [0.2, 0.25) is 12.5 Å². The van der Waals surface area contributed by atoms with Crippen molar-refractivity contribution in [2.24, 2.45) is 0 Å². The largest absolute Gasteiger partial charge is 0.465 e. The Morgan fingerprint density at radius 1 is 1.21 bits per heavy atom. The highest BCUT2D eigenvalue weighted by Crippen LogP contribution is 2.39. The molecule has 1 heterocycles. The van der Waals surface area contributed by atoms with Crippen LogP contribution in [0.25, 0.3) is 0 Å². The predicted molar refractivity (Wildman–Crippen MR) is 100 cm³/mol. The number of nitrogens with zero attached hydrogens (tertiary/aromatic N) is 2. The fraction of sp³-hybridized carbons (Fsp3) is 0.250. The molecule has 1 aliphatic heterocycles. The minimum absolute atomic E-state index is 0.187. The zero-order valence-corrected chi connectivity index (χ0v) is 15.3. The molecule has 1 amide bonds. The number of hydrogen-bond acceptors (Lipinski definition) is 6. The number of hydrogen-bond donors (Lipinski definition) is 0. The molecule has 0 saturated carbocycles. The van der Waals surface area contributed by atoms with Gasteiger partial charge in [0.25, 0.3) is 0 Å². The van der Waals surface area contributed by atoms with Gasteiger partial charge in [-0.15, -0.1) is 0 Å². The van der Waals surface area contributed by atoms with Crippen molar-refractivity contribution in [2.45, 2.75) is 18.9 Å². The number of methoxy groups -OCH3 is 1. The molecule has 0 saturated heterocycles. The van der Waals surface area contributed by atoms with Crippen LogP contribution in [0.3, 0.4) is 0 Å². The maximum Gasteiger partial charge on any atom is 0.337 e. The van der Waals surface area contributed by atoms with Crippen molar-refractivity contribution in [1.29, 1.82) is 0 Å². The Morgan fingerprint density at radius 2 is 1.89 bits per heavy atom. The fourth-order valence-electron chi connectivity index (χ4n) is 3.59. The van der Waals surface area contributed by atoms with Gasteiger partial charge in [0.05, 0.1) is 24.3 Å². The fourth-order valence-corrected chi connectivity index (χ4v) is 3.59. The Kier molecular flexibility index (Phi) is 5.21. The van der Waals surface area contributed by atoms with E-state index in [1.807, 2.05) is 0 Å². The molecule has 0 fully saturated rings. The van der Waals surface area contributed by atoms with Crippen molar-refractivity contribution >= 4 is 23.3 Å². The van der Waals surface area contributed by atoms with E-state index in [4.69, 9.17) is 4.74 Å². The average Bonchev–Trinajstić information content (AvgIpc) is 2.98. The summed E-state index contributed by atoms with van der Waals surface area (Å²) in [7, 11) is 1.23. The van der Waals surface area contributed by atoms with E-state index in [9.17, 15) is 24.5 Å². The van der Waals surface area contributed by atoms with E-state index in [0.717, 1.165) is 0 Å².